The number of rotatable bonds is 10. The van der Waals surface area contributed by atoms with Gasteiger partial charge in [-0.3, -0.25) is 0 Å². The average Bonchev–Trinajstić information content (AvgIpc) is 2.84. The highest BCUT2D eigenvalue weighted by molar-refractivity contribution is 5.15. The van der Waals surface area contributed by atoms with Crippen LogP contribution in [0.3, 0.4) is 0 Å². The third-order valence-electron chi connectivity index (χ3n) is 5.18. The highest BCUT2D eigenvalue weighted by Crippen LogP contribution is 2.22. The van der Waals surface area contributed by atoms with Gasteiger partial charge in [-0.15, -0.1) is 0 Å². The molecule has 4 nitrogen and oxygen atoms in total. The van der Waals surface area contributed by atoms with Crippen LogP contribution in [0.25, 0.3) is 0 Å². The molecule has 0 spiro atoms. The Kier molecular flexibility index (Phi) is 7.88. The Bertz CT molecular complexity index is 912. The van der Waals surface area contributed by atoms with Crippen LogP contribution in [0.2, 0.25) is 0 Å². The van der Waals surface area contributed by atoms with E-state index in [0.29, 0.717) is 26.4 Å². The van der Waals surface area contributed by atoms with Gasteiger partial charge in [0.15, 0.2) is 0 Å². The van der Waals surface area contributed by atoms with E-state index in [1.54, 1.807) is 6.26 Å². The Morgan fingerprint density at radius 1 is 0.613 bits per heavy atom. The molecule has 0 radical (unpaired) electrons. The van der Waals surface area contributed by atoms with Crippen LogP contribution in [0.15, 0.2) is 103 Å². The van der Waals surface area contributed by atoms with Crippen LogP contribution in [0.1, 0.15) is 16.7 Å². The van der Waals surface area contributed by atoms with Gasteiger partial charge in [-0.25, -0.2) is 0 Å². The van der Waals surface area contributed by atoms with Crippen LogP contribution in [0, 0.1) is 0 Å². The summed E-state index contributed by atoms with van der Waals surface area (Å²) in [5.74, 6) is 0. The number of hydrogen-bond acceptors (Lipinski definition) is 4. The monoisotopic (exact) mass is 416 g/mol. The van der Waals surface area contributed by atoms with Crippen molar-refractivity contribution in [2.45, 2.75) is 38.1 Å². The second-order valence-electron chi connectivity index (χ2n) is 7.53. The molecule has 4 rings (SSSR count). The molecule has 3 atom stereocenters. The molecule has 0 fully saturated rings. The molecular weight excluding hydrogens is 388 g/mol. The normalized spacial score (nSPS) is 20.3. The molecule has 160 valence electrons. The first-order valence-corrected chi connectivity index (χ1v) is 10.6. The minimum atomic E-state index is -0.273. The zero-order chi connectivity index (χ0) is 21.1. The van der Waals surface area contributed by atoms with Crippen molar-refractivity contribution in [1.29, 1.82) is 0 Å². The summed E-state index contributed by atoms with van der Waals surface area (Å²) < 4.78 is 24.4. The largest absolute Gasteiger partial charge is 0.493 e. The lowest BCUT2D eigenvalue weighted by atomic mass is 10.1. The molecule has 0 aromatic heterocycles. The highest BCUT2D eigenvalue weighted by atomic mass is 16.6. The Morgan fingerprint density at radius 2 is 1.13 bits per heavy atom. The lowest BCUT2D eigenvalue weighted by molar-refractivity contribution is -0.147. The lowest BCUT2D eigenvalue weighted by Gasteiger charge is -2.34. The van der Waals surface area contributed by atoms with Crippen LogP contribution < -0.4 is 0 Å². The van der Waals surface area contributed by atoms with Gasteiger partial charge in [0.1, 0.15) is 18.3 Å². The molecule has 0 amide bonds. The molecule has 4 heteroatoms. The summed E-state index contributed by atoms with van der Waals surface area (Å²) in [4.78, 5) is 0. The summed E-state index contributed by atoms with van der Waals surface area (Å²) in [6.45, 7) is 1.96. The molecule has 31 heavy (non-hydrogen) atoms. The predicted molar refractivity (Wildman–Crippen MR) is 120 cm³/mol. The standard InChI is InChI=1S/C27H28O4/c1-4-10-22(11-5-1)18-28-21-26-27(31-20-24-14-8-3-9-15-24)25(16-17-29-26)30-19-23-12-6-2-7-13-23/h1-17,25-27H,18-21H2/t25-,26?,27+/m0/s1. The third kappa shape index (κ3) is 6.53. The van der Waals surface area contributed by atoms with Gasteiger partial charge in [-0.2, -0.15) is 0 Å². The van der Waals surface area contributed by atoms with Gasteiger partial charge in [-0.05, 0) is 22.8 Å². The third-order valence-corrected chi connectivity index (χ3v) is 5.18. The van der Waals surface area contributed by atoms with E-state index in [0.717, 1.165) is 16.7 Å². The minimum absolute atomic E-state index is 0.219. The summed E-state index contributed by atoms with van der Waals surface area (Å²) in [5, 5.41) is 0. The zero-order valence-electron chi connectivity index (χ0n) is 17.5. The Balaban J connectivity index is 1.39. The molecule has 1 unspecified atom stereocenters. The first-order chi connectivity index (χ1) is 15.4. The summed E-state index contributed by atoms with van der Waals surface area (Å²) in [6.07, 6.45) is 2.88. The molecule has 0 aliphatic carbocycles. The smallest absolute Gasteiger partial charge is 0.150 e. The van der Waals surface area contributed by atoms with E-state index in [1.165, 1.54) is 0 Å². The van der Waals surface area contributed by atoms with E-state index in [-0.39, 0.29) is 18.3 Å². The van der Waals surface area contributed by atoms with Gasteiger partial charge in [0.2, 0.25) is 0 Å². The molecule has 0 saturated heterocycles. The predicted octanol–water partition coefficient (Wildman–Crippen LogP) is 5.29. The van der Waals surface area contributed by atoms with E-state index in [1.807, 2.05) is 60.7 Å². The molecule has 3 aromatic carbocycles. The molecule has 3 aromatic rings. The number of benzene rings is 3. The molecule has 1 aliphatic heterocycles. The quantitative estimate of drug-likeness (QED) is 0.450. The van der Waals surface area contributed by atoms with E-state index in [9.17, 15) is 0 Å². The SMILES string of the molecule is C1=C[C@H](OCc2ccccc2)[C@@H](OCc2ccccc2)C(COCc2ccccc2)O1. The van der Waals surface area contributed by atoms with Crippen molar-refractivity contribution in [3.05, 3.63) is 120 Å². The molecule has 0 saturated carbocycles. The van der Waals surface area contributed by atoms with E-state index in [4.69, 9.17) is 18.9 Å². The van der Waals surface area contributed by atoms with Crippen molar-refractivity contribution >= 4 is 0 Å². The molecule has 1 heterocycles. The van der Waals surface area contributed by atoms with E-state index in [2.05, 4.69) is 36.4 Å². The maximum absolute atomic E-state index is 6.30. The minimum Gasteiger partial charge on any atom is -0.493 e. The van der Waals surface area contributed by atoms with Crippen LogP contribution in [0.5, 0.6) is 0 Å². The summed E-state index contributed by atoms with van der Waals surface area (Å²) in [7, 11) is 0. The number of ether oxygens (including phenoxy) is 4. The zero-order valence-corrected chi connectivity index (χ0v) is 17.5. The Labute approximate surface area is 184 Å². The lowest BCUT2D eigenvalue weighted by Crippen LogP contribution is -2.45. The van der Waals surface area contributed by atoms with Crippen LogP contribution in [0.4, 0.5) is 0 Å². The fraction of sp³-hybridized carbons (Fsp3) is 0.259. The fourth-order valence-corrected chi connectivity index (χ4v) is 3.51. The van der Waals surface area contributed by atoms with Crippen molar-refractivity contribution in [2.75, 3.05) is 6.61 Å². The van der Waals surface area contributed by atoms with Crippen LogP contribution in [-0.2, 0) is 38.8 Å². The molecule has 1 aliphatic rings. The van der Waals surface area contributed by atoms with Crippen LogP contribution in [-0.4, -0.2) is 24.9 Å². The Morgan fingerprint density at radius 3 is 1.71 bits per heavy atom. The van der Waals surface area contributed by atoms with Crippen molar-refractivity contribution in [3.63, 3.8) is 0 Å². The maximum Gasteiger partial charge on any atom is 0.150 e. The van der Waals surface area contributed by atoms with Gasteiger partial charge in [0, 0.05) is 0 Å². The average molecular weight is 417 g/mol. The summed E-state index contributed by atoms with van der Waals surface area (Å²) in [6, 6.07) is 30.4. The van der Waals surface area contributed by atoms with Gasteiger partial charge in [0.25, 0.3) is 0 Å². The van der Waals surface area contributed by atoms with Crippen LogP contribution >= 0.6 is 0 Å². The van der Waals surface area contributed by atoms with Crippen molar-refractivity contribution in [3.8, 4) is 0 Å². The van der Waals surface area contributed by atoms with E-state index >= 15 is 0 Å². The van der Waals surface area contributed by atoms with E-state index < -0.39 is 0 Å². The number of hydrogen-bond donors (Lipinski definition) is 0. The first-order valence-electron chi connectivity index (χ1n) is 10.6. The first kappa shape index (κ1) is 21.3. The topological polar surface area (TPSA) is 36.9 Å². The van der Waals surface area contributed by atoms with Crippen molar-refractivity contribution in [1.82, 2.24) is 0 Å². The fourth-order valence-electron chi connectivity index (χ4n) is 3.51. The second kappa shape index (κ2) is 11.5. The van der Waals surface area contributed by atoms with Gasteiger partial charge in [-0.1, -0.05) is 91.0 Å². The maximum atomic E-state index is 6.30. The highest BCUT2D eigenvalue weighted by Gasteiger charge is 2.34. The van der Waals surface area contributed by atoms with Crippen molar-refractivity contribution in [2.24, 2.45) is 0 Å². The summed E-state index contributed by atoms with van der Waals surface area (Å²) >= 11 is 0. The summed E-state index contributed by atoms with van der Waals surface area (Å²) in [5.41, 5.74) is 3.37. The molecule has 0 N–H and O–H groups in total. The molecular formula is C27H28O4. The second-order valence-corrected chi connectivity index (χ2v) is 7.53. The van der Waals surface area contributed by atoms with Gasteiger partial charge < -0.3 is 18.9 Å². The van der Waals surface area contributed by atoms with Gasteiger partial charge >= 0.3 is 0 Å². The van der Waals surface area contributed by atoms with Gasteiger partial charge in [0.05, 0.1) is 32.7 Å². The molecule has 0 bridgehead atoms. The van der Waals surface area contributed by atoms with Crippen molar-refractivity contribution < 1.29 is 18.9 Å². The Hall–Kier alpha value is -2.92.